The Kier molecular flexibility index (Phi) is 6.78. The number of hydrogen-bond acceptors (Lipinski definition) is 6. The van der Waals surface area contributed by atoms with Gasteiger partial charge < -0.3 is 14.7 Å². The number of hydrogen-bond donors (Lipinski definition) is 0. The van der Waals surface area contributed by atoms with Crippen LogP contribution in [0.1, 0.15) is 48.5 Å². The third-order valence-corrected chi connectivity index (χ3v) is 8.11. The summed E-state index contributed by atoms with van der Waals surface area (Å²) < 4.78 is 0. The molecule has 7 nitrogen and oxygen atoms in total. The molecule has 0 unspecified atom stereocenters. The molecule has 8 heteroatoms. The number of fused-ring (bicyclic) bond motifs is 1. The van der Waals surface area contributed by atoms with E-state index < -0.39 is 0 Å². The van der Waals surface area contributed by atoms with Gasteiger partial charge in [0.2, 0.25) is 5.91 Å². The van der Waals surface area contributed by atoms with Crippen LogP contribution in [0.3, 0.4) is 0 Å². The summed E-state index contributed by atoms with van der Waals surface area (Å²) in [5, 5.41) is 0.697. The number of amides is 1. The summed E-state index contributed by atoms with van der Waals surface area (Å²) in [7, 11) is 4.24. The molecule has 0 saturated carbocycles. The van der Waals surface area contributed by atoms with Crippen LogP contribution < -0.4 is 4.90 Å². The Bertz CT molecular complexity index is 1020. The molecule has 182 valence electrons. The van der Waals surface area contributed by atoms with E-state index >= 15 is 0 Å². The minimum Gasteiger partial charge on any atom is -0.353 e. The Morgan fingerprint density at radius 2 is 1.79 bits per heavy atom. The number of carbonyl (C=O) groups is 1. The first kappa shape index (κ1) is 23.5. The zero-order valence-electron chi connectivity index (χ0n) is 20.5. The second-order valence-electron chi connectivity index (χ2n) is 10.2. The van der Waals surface area contributed by atoms with E-state index in [2.05, 4.69) is 45.7 Å². The van der Waals surface area contributed by atoms with Gasteiger partial charge in [0, 0.05) is 61.6 Å². The lowest BCUT2D eigenvalue weighted by atomic mass is 10.0. The predicted molar refractivity (Wildman–Crippen MR) is 135 cm³/mol. The van der Waals surface area contributed by atoms with Crippen LogP contribution in [0, 0.1) is 0 Å². The highest BCUT2D eigenvalue weighted by Crippen LogP contribution is 2.37. The number of aryl methyl sites for hydroxylation is 1. The molecular formula is C26H35ClN6O. The van der Waals surface area contributed by atoms with E-state index in [0.717, 1.165) is 56.8 Å². The summed E-state index contributed by atoms with van der Waals surface area (Å²) >= 11 is 6.16. The van der Waals surface area contributed by atoms with Crippen molar-refractivity contribution in [1.29, 1.82) is 0 Å². The molecule has 2 aromatic rings. The summed E-state index contributed by atoms with van der Waals surface area (Å²) in [5.41, 5.74) is 3.54. The van der Waals surface area contributed by atoms with Crippen molar-refractivity contribution in [2.45, 2.75) is 44.2 Å². The van der Waals surface area contributed by atoms with Gasteiger partial charge in [0.05, 0.1) is 0 Å². The second kappa shape index (κ2) is 9.80. The van der Waals surface area contributed by atoms with E-state index in [1.807, 2.05) is 29.2 Å². The van der Waals surface area contributed by atoms with Crippen molar-refractivity contribution in [3.63, 3.8) is 0 Å². The number of piperazine rings is 1. The van der Waals surface area contributed by atoms with Gasteiger partial charge in [-0.05, 0) is 57.0 Å². The zero-order chi connectivity index (χ0) is 23.8. The molecule has 1 amide bonds. The molecule has 34 heavy (non-hydrogen) atoms. The Labute approximate surface area is 207 Å². The largest absolute Gasteiger partial charge is 0.353 e. The number of anilines is 1. The molecule has 0 N–H and O–H groups in total. The predicted octanol–water partition coefficient (Wildman–Crippen LogP) is 3.21. The van der Waals surface area contributed by atoms with E-state index in [-0.39, 0.29) is 11.9 Å². The fourth-order valence-electron chi connectivity index (χ4n) is 5.77. The van der Waals surface area contributed by atoms with Gasteiger partial charge in [-0.3, -0.25) is 9.69 Å². The summed E-state index contributed by atoms with van der Waals surface area (Å²) in [6.45, 7) is 7.11. The van der Waals surface area contributed by atoms with Crippen molar-refractivity contribution in [2.75, 3.05) is 58.3 Å². The molecule has 5 rings (SSSR count). The number of likely N-dealkylation sites (N-methyl/N-ethyl adjacent to an activating group) is 1. The lowest BCUT2D eigenvalue weighted by molar-refractivity contribution is -0.137. The average molecular weight is 483 g/mol. The van der Waals surface area contributed by atoms with Gasteiger partial charge >= 0.3 is 0 Å². The van der Waals surface area contributed by atoms with Gasteiger partial charge in [0.15, 0.2) is 0 Å². The van der Waals surface area contributed by atoms with Crippen LogP contribution in [-0.4, -0.2) is 90.0 Å². The summed E-state index contributed by atoms with van der Waals surface area (Å²) in [4.78, 5) is 32.1. The van der Waals surface area contributed by atoms with Crippen molar-refractivity contribution in [2.24, 2.45) is 0 Å². The minimum absolute atomic E-state index is 0.197. The van der Waals surface area contributed by atoms with E-state index in [9.17, 15) is 4.79 Å². The first-order valence-electron chi connectivity index (χ1n) is 12.5. The fourth-order valence-corrected chi connectivity index (χ4v) is 5.89. The highest BCUT2D eigenvalue weighted by atomic mass is 35.5. The van der Waals surface area contributed by atoms with E-state index in [1.165, 1.54) is 11.3 Å². The minimum atomic E-state index is -0.267. The smallest absolute Gasteiger partial charge is 0.244 e. The molecule has 0 bridgehead atoms. The van der Waals surface area contributed by atoms with Gasteiger partial charge in [-0.1, -0.05) is 30.7 Å². The zero-order valence-corrected chi connectivity index (χ0v) is 21.2. The number of nitrogens with zero attached hydrogens (tertiary/aromatic N) is 6. The van der Waals surface area contributed by atoms with Crippen LogP contribution in [0.2, 0.25) is 5.02 Å². The fraction of sp³-hybridized carbons (Fsp3) is 0.577. The maximum Gasteiger partial charge on any atom is 0.244 e. The normalized spacial score (nSPS) is 24.0. The number of halogens is 1. The lowest BCUT2D eigenvalue weighted by Crippen LogP contribution is -2.52. The van der Waals surface area contributed by atoms with Crippen molar-refractivity contribution < 1.29 is 4.79 Å². The third-order valence-electron chi connectivity index (χ3n) is 7.85. The van der Waals surface area contributed by atoms with E-state index in [4.69, 9.17) is 11.6 Å². The molecule has 1 aliphatic carbocycles. The quantitative estimate of drug-likeness (QED) is 0.652. The van der Waals surface area contributed by atoms with E-state index in [1.54, 1.807) is 6.33 Å². The average Bonchev–Trinajstić information content (AvgIpc) is 3.48. The molecule has 3 aliphatic rings. The SMILES string of the molecule is C[C@@H]1CCc2ncnc(N3CCN(C(=O)[C@@H](c4ccc(Cl)cc4)N4CC[C@H](N(C)C)C4)CC3)c21. The standard InChI is InChI=1S/C26H35ClN6O/c1-18-4-9-22-23(18)25(29-17-28-22)31-12-14-32(15-13-31)26(34)24(19-5-7-20(27)8-6-19)33-11-10-21(16-33)30(2)3/h5-8,17-18,21,24H,4,9-16H2,1-3H3/t18-,21+,24-/m1/s1. The number of carbonyl (C=O) groups excluding carboxylic acids is 1. The molecule has 1 aromatic heterocycles. The Morgan fingerprint density at radius 3 is 2.47 bits per heavy atom. The maximum atomic E-state index is 13.9. The van der Waals surface area contributed by atoms with Gasteiger partial charge in [0.1, 0.15) is 18.2 Å². The van der Waals surface area contributed by atoms with Gasteiger partial charge in [-0.15, -0.1) is 0 Å². The number of rotatable bonds is 5. The first-order chi connectivity index (χ1) is 16.4. The molecular weight excluding hydrogens is 448 g/mol. The van der Waals surface area contributed by atoms with Crippen LogP contribution >= 0.6 is 11.6 Å². The van der Waals surface area contributed by atoms with Gasteiger partial charge in [0.25, 0.3) is 0 Å². The first-order valence-corrected chi connectivity index (χ1v) is 12.8. The third kappa shape index (κ3) is 4.53. The topological polar surface area (TPSA) is 55.8 Å². The molecule has 3 heterocycles. The summed E-state index contributed by atoms with van der Waals surface area (Å²) in [5.74, 6) is 1.77. The van der Waals surface area contributed by atoms with Crippen molar-refractivity contribution in [3.05, 3.63) is 52.4 Å². The molecule has 2 aliphatic heterocycles. The molecule has 2 fully saturated rings. The van der Waals surface area contributed by atoms with Crippen molar-refractivity contribution in [1.82, 2.24) is 24.7 Å². The number of benzene rings is 1. The molecule has 0 radical (unpaired) electrons. The van der Waals surface area contributed by atoms with E-state index in [0.29, 0.717) is 30.1 Å². The van der Waals surface area contributed by atoms with Crippen LogP contribution in [0.5, 0.6) is 0 Å². The summed E-state index contributed by atoms with van der Waals surface area (Å²) in [6, 6.07) is 8.01. The summed E-state index contributed by atoms with van der Waals surface area (Å²) in [6.07, 6.45) is 4.97. The van der Waals surface area contributed by atoms with Gasteiger partial charge in [-0.2, -0.15) is 0 Å². The molecule has 3 atom stereocenters. The van der Waals surface area contributed by atoms with Crippen LogP contribution in [-0.2, 0) is 11.2 Å². The Hall–Kier alpha value is -2.22. The monoisotopic (exact) mass is 482 g/mol. The van der Waals surface area contributed by atoms with Crippen LogP contribution in [0.25, 0.3) is 0 Å². The molecule has 2 saturated heterocycles. The van der Waals surface area contributed by atoms with Crippen LogP contribution in [0.15, 0.2) is 30.6 Å². The second-order valence-corrected chi connectivity index (χ2v) is 10.6. The highest BCUT2D eigenvalue weighted by molar-refractivity contribution is 6.30. The number of likely N-dealkylation sites (tertiary alicyclic amines) is 1. The lowest BCUT2D eigenvalue weighted by Gasteiger charge is -2.39. The van der Waals surface area contributed by atoms with Crippen molar-refractivity contribution in [3.8, 4) is 0 Å². The molecule has 1 aromatic carbocycles. The van der Waals surface area contributed by atoms with Crippen molar-refractivity contribution >= 4 is 23.3 Å². The molecule has 0 spiro atoms. The van der Waals surface area contributed by atoms with Gasteiger partial charge in [-0.25, -0.2) is 9.97 Å². The maximum absolute atomic E-state index is 13.9. The Morgan fingerprint density at radius 1 is 1.06 bits per heavy atom. The highest BCUT2D eigenvalue weighted by Gasteiger charge is 2.38. The van der Waals surface area contributed by atoms with Crippen LogP contribution in [0.4, 0.5) is 5.82 Å². The Balaban J connectivity index is 1.32. The number of aromatic nitrogens is 2.